The Morgan fingerprint density at radius 1 is 1.14 bits per heavy atom. The van der Waals surface area contributed by atoms with Crippen LogP contribution < -0.4 is 10.1 Å². The smallest absolute Gasteiger partial charge is 0.352 e. The van der Waals surface area contributed by atoms with Crippen LogP contribution in [0.15, 0.2) is 54.2 Å². The summed E-state index contributed by atoms with van der Waals surface area (Å²) in [5, 5.41) is 12.5. The second-order valence-electron chi connectivity index (χ2n) is 7.21. The van der Waals surface area contributed by atoms with Crippen molar-refractivity contribution in [3.05, 3.63) is 64.8 Å². The van der Waals surface area contributed by atoms with Gasteiger partial charge in [-0.25, -0.2) is 4.79 Å². The van der Waals surface area contributed by atoms with Crippen LogP contribution in [0.3, 0.4) is 0 Å². The Kier molecular flexibility index (Phi) is 7.30. The van der Waals surface area contributed by atoms with Crippen molar-refractivity contribution in [3.8, 4) is 11.5 Å². The maximum absolute atomic E-state index is 12.2. The van der Waals surface area contributed by atoms with Crippen LogP contribution in [0.2, 0.25) is 5.02 Å². The van der Waals surface area contributed by atoms with E-state index in [1.807, 2.05) is 12.1 Å². The number of rotatable bonds is 8. The predicted octanol–water partition coefficient (Wildman–Crippen LogP) is 5.64. The minimum Gasteiger partial charge on any atom is -0.477 e. The Morgan fingerprint density at radius 2 is 1.90 bits per heavy atom. The van der Waals surface area contributed by atoms with Crippen molar-refractivity contribution in [2.24, 2.45) is 5.92 Å². The third-order valence-corrected chi connectivity index (χ3v) is 5.30. The van der Waals surface area contributed by atoms with Crippen molar-refractivity contribution in [3.63, 3.8) is 0 Å². The summed E-state index contributed by atoms with van der Waals surface area (Å²) in [4.78, 5) is 23.8. The zero-order valence-electron chi connectivity index (χ0n) is 16.1. The molecule has 0 heterocycles. The highest BCUT2D eigenvalue weighted by Gasteiger charge is 2.18. The Bertz CT molecular complexity index is 903. The van der Waals surface area contributed by atoms with E-state index >= 15 is 0 Å². The summed E-state index contributed by atoms with van der Waals surface area (Å²) in [6.45, 7) is 0. The molecule has 3 rings (SSSR count). The van der Waals surface area contributed by atoms with E-state index in [9.17, 15) is 14.7 Å². The minimum absolute atomic E-state index is 0.156. The summed E-state index contributed by atoms with van der Waals surface area (Å²) < 4.78 is 5.77. The van der Waals surface area contributed by atoms with Gasteiger partial charge in [-0.15, -0.1) is 0 Å². The van der Waals surface area contributed by atoms with Gasteiger partial charge in [0.05, 0.1) is 5.02 Å². The van der Waals surface area contributed by atoms with Gasteiger partial charge in [-0.2, -0.15) is 0 Å². The zero-order valence-corrected chi connectivity index (χ0v) is 16.8. The number of halogens is 1. The molecule has 1 aliphatic carbocycles. The SMILES string of the molecule is O=C(CCC1CCCC1)N/C(=C\c1cccc(Oc2ccccc2Cl)c1)C(=O)O. The number of nitrogens with one attached hydrogen (secondary N) is 1. The van der Waals surface area contributed by atoms with Gasteiger partial charge in [0.15, 0.2) is 0 Å². The molecule has 152 valence electrons. The summed E-state index contributed by atoms with van der Waals surface area (Å²) in [7, 11) is 0. The third-order valence-electron chi connectivity index (χ3n) is 4.99. The van der Waals surface area contributed by atoms with E-state index in [4.69, 9.17) is 16.3 Å². The van der Waals surface area contributed by atoms with Crippen LogP contribution >= 0.6 is 11.6 Å². The number of hydrogen-bond donors (Lipinski definition) is 2. The van der Waals surface area contributed by atoms with E-state index in [0.29, 0.717) is 34.4 Å². The molecular weight excluding hydrogens is 390 g/mol. The van der Waals surface area contributed by atoms with Crippen LogP contribution in [0.1, 0.15) is 44.1 Å². The fraction of sp³-hybridized carbons (Fsp3) is 0.304. The maximum atomic E-state index is 12.2. The average molecular weight is 414 g/mol. The second-order valence-corrected chi connectivity index (χ2v) is 7.61. The molecule has 5 nitrogen and oxygen atoms in total. The van der Waals surface area contributed by atoms with Gasteiger partial charge in [0.25, 0.3) is 0 Å². The topological polar surface area (TPSA) is 75.6 Å². The van der Waals surface area contributed by atoms with Gasteiger partial charge in [0, 0.05) is 6.42 Å². The molecular formula is C23H24ClNO4. The van der Waals surface area contributed by atoms with E-state index in [1.54, 1.807) is 36.4 Å². The minimum atomic E-state index is -1.18. The second kappa shape index (κ2) is 10.1. The fourth-order valence-corrected chi connectivity index (χ4v) is 3.66. The Morgan fingerprint density at radius 3 is 2.62 bits per heavy atom. The molecule has 1 aliphatic rings. The first-order chi connectivity index (χ1) is 14.0. The van der Waals surface area contributed by atoms with Gasteiger partial charge in [-0.05, 0) is 48.2 Å². The molecule has 29 heavy (non-hydrogen) atoms. The summed E-state index contributed by atoms with van der Waals surface area (Å²) in [6, 6.07) is 14.0. The Balaban J connectivity index is 1.67. The summed E-state index contributed by atoms with van der Waals surface area (Å²) in [6.07, 6.45) is 7.33. The number of ether oxygens (including phenoxy) is 1. The van der Waals surface area contributed by atoms with Crippen molar-refractivity contribution in [1.29, 1.82) is 0 Å². The molecule has 0 unspecified atom stereocenters. The number of para-hydroxylation sites is 1. The van der Waals surface area contributed by atoms with Crippen molar-refractivity contribution in [2.75, 3.05) is 0 Å². The van der Waals surface area contributed by atoms with Crippen LogP contribution in [0, 0.1) is 5.92 Å². The van der Waals surface area contributed by atoms with Gasteiger partial charge in [0.1, 0.15) is 17.2 Å². The molecule has 1 saturated carbocycles. The van der Waals surface area contributed by atoms with Crippen LogP contribution in [0.5, 0.6) is 11.5 Å². The van der Waals surface area contributed by atoms with E-state index in [0.717, 1.165) is 19.3 Å². The molecule has 2 aromatic rings. The predicted molar refractivity (Wildman–Crippen MR) is 113 cm³/mol. The van der Waals surface area contributed by atoms with E-state index < -0.39 is 5.97 Å². The number of hydrogen-bond acceptors (Lipinski definition) is 3. The monoisotopic (exact) mass is 413 g/mol. The first-order valence-electron chi connectivity index (χ1n) is 9.78. The van der Waals surface area contributed by atoms with Crippen LogP contribution in [-0.2, 0) is 9.59 Å². The lowest BCUT2D eigenvalue weighted by Gasteiger charge is -2.10. The van der Waals surface area contributed by atoms with Crippen LogP contribution in [0.25, 0.3) is 6.08 Å². The summed E-state index contributed by atoms with van der Waals surface area (Å²) >= 11 is 6.11. The number of benzene rings is 2. The van der Waals surface area contributed by atoms with E-state index in [-0.39, 0.29) is 11.6 Å². The molecule has 0 aliphatic heterocycles. The molecule has 0 radical (unpaired) electrons. The lowest BCUT2D eigenvalue weighted by molar-refractivity contribution is -0.134. The summed E-state index contributed by atoms with van der Waals surface area (Å²) in [5.41, 5.74) is 0.444. The number of carbonyl (C=O) groups excluding carboxylic acids is 1. The molecule has 1 amide bonds. The molecule has 0 bridgehead atoms. The third kappa shape index (κ3) is 6.36. The van der Waals surface area contributed by atoms with Gasteiger partial charge in [0.2, 0.25) is 5.91 Å². The van der Waals surface area contributed by atoms with Gasteiger partial charge < -0.3 is 15.2 Å². The highest BCUT2D eigenvalue weighted by Crippen LogP contribution is 2.30. The highest BCUT2D eigenvalue weighted by atomic mass is 35.5. The number of aliphatic carboxylic acids is 1. The molecule has 2 aromatic carbocycles. The van der Waals surface area contributed by atoms with E-state index in [2.05, 4.69) is 5.32 Å². The maximum Gasteiger partial charge on any atom is 0.352 e. The molecule has 2 N–H and O–H groups in total. The first-order valence-corrected chi connectivity index (χ1v) is 10.2. The summed E-state index contributed by atoms with van der Waals surface area (Å²) in [5.74, 6) is 0.153. The van der Waals surface area contributed by atoms with Crippen molar-refractivity contribution in [2.45, 2.75) is 38.5 Å². The van der Waals surface area contributed by atoms with Crippen molar-refractivity contribution in [1.82, 2.24) is 5.32 Å². The number of amides is 1. The highest BCUT2D eigenvalue weighted by molar-refractivity contribution is 6.32. The fourth-order valence-electron chi connectivity index (χ4n) is 3.49. The van der Waals surface area contributed by atoms with E-state index in [1.165, 1.54) is 18.9 Å². The quantitative estimate of drug-likeness (QED) is 0.549. The standard InChI is InChI=1S/C23H24ClNO4/c24-19-10-3-4-11-21(19)29-18-9-5-8-17(14-18)15-20(23(27)28)25-22(26)13-12-16-6-1-2-7-16/h3-5,8-11,14-16H,1-2,6-7,12-13H2,(H,25,26)(H,27,28)/b20-15-. The zero-order chi connectivity index (χ0) is 20.6. The average Bonchev–Trinajstić information content (AvgIpc) is 3.22. The van der Waals surface area contributed by atoms with Crippen molar-refractivity contribution < 1.29 is 19.4 Å². The number of carboxylic acid groups (broad SMARTS) is 1. The van der Waals surface area contributed by atoms with Crippen LogP contribution in [-0.4, -0.2) is 17.0 Å². The molecule has 0 atom stereocenters. The van der Waals surface area contributed by atoms with Crippen LogP contribution in [0.4, 0.5) is 0 Å². The Labute approximate surface area is 175 Å². The molecule has 6 heteroatoms. The van der Waals surface area contributed by atoms with Gasteiger partial charge in [-0.1, -0.05) is 61.5 Å². The molecule has 1 fully saturated rings. The van der Waals surface area contributed by atoms with Crippen molar-refractivity contribution >= 4 is 29.6 Å². The number of carboxylic acids is 1. The molecule has 0 spiro atoms. The first kappa shape index (κ1) is 20.9. The lowest BCUT2D eigenvalue weighted by atomic mass is 10.0. The normalized spacial score (nSPS) is 14.6. The lowest BCUT2D eigenvalue weighted by Crippen LogP contribution is -2.27. The molecule has 0 aromatic heterocycles. The molecule has 0 saturated heterocycles. The number of carbonyl (C=O) groups is 2. The largest absolute Gasteiger partial charge is 0.477 e. The van der Waals surface area contributed by atoms with Gasteiger partial charge >= 0.3 is 5.97 Å². The van der Waals surface area contributed by atoms with Gasteiger partial charge in [-0.3, -0.25) is 4.79 Å². The Hall–Kier alpha value is -2.79.